The molecule has 7 nitrogen and oxygen atoms in total. The van der Waals surface area contributed by atoms with Gasteiger partial charge in [-0.1, -0.05) is 12.1 Å². The van der Waals surface area contributed by atoms with Crippen molar-refractivity contribution in [3.05, 3.63) is 88.4 Å². The van der Waals surface area contributed by atoms with Crippen molar-refractivity contribution in [3.63, 3.8) is 0 Å². The van der Waals surface area contributed by atoms with E-state index in [1.54, 1.807) is 19.1 Å². The van der Waals surface area contributed by atoms with Gasteiger partial charge in [-0.3, -0.25) is 9.69 Å². The van der Waals surface area contributed by atoms with Gasteiger partial charge in [-0.15, -0.1) is 47.9 Å². The molecule has 0 amide bonds. The summed E-state index contributed by atoms with van der Waals surface area (Å²) in [5.41, 5.74) is 3.23. The molecule has 1 aromatic heterocycles. The number of piperazine rings is 1. The normalized spacial score (nSPS) is 15.2. The average Bonchev–Trinajstić information content (AvgIpc) is 3.67. The fourth-order valence-electron chi connectivity index (χ4n) is 5.31. The predicted molar refractivity (Wildman–Crippen MR) is 184 cm³/mol. The van der Waals surface area contributed by atoms with E-state index < -0.39 is 23.0 Å². The molecule has 0 aliphatic carbocycles. The van der Waals surface area contributed by atoms with Crippen LogP contribution in [0.2, 0.25) is 0 Å². The lowest BCUT2D eigenvalue weighted by Gasteiger charge is -2.36. The lowest BCUT2D eigenvalue weighted by atomic mass is 10.1. The maximum Gasteiger partial charge on any atom is 0.416 e. The van der Waals surface area contributed by atoms with E-state index in [1.807, 2.05) is 12.1 Å². The second-order valence-corrected chi connectivity index (χ2v) is 13.5. The van der Waals surface area contributed by atoms with Crippen molar-refractivity contribution >= 4 is 59.6 Å². The van der Waals surface area contributed by atoms with Crippen LogP contribution in [-0.2, 0) is 30.5 Å². The topological polar surface area (TPSA) is 75.1 Å². The number of thiazole rings is 1. The van der Waals surface area contributed by atoms with Crippen LogP contribution in [-0.4, -0.2) is 59.0 Å². The third kappa shape index (κ3) is 9.05. The molecule has 4 aromatic rings. The average molecular weight is 729 g/mol. The number of aliphatic carboxylic acids is 1. The zero-order valence-electron chi connectivity index (χ0n) is 25.4. The lowest BCUT2D eigenvalue weighted by molar-refractivity contribution is -0.138. The molecule has 14 heteroatoms. The number of halogens is 5. The number of carboxylic acids is 1. The van der Waals surface area contributed by atoms with E-state index in [2.05, 4.69) is 28.0 Å². The van der Waals surface area contributed by atoms with Crippen molar-refractivity contribution in [3.8, 4) is 22.1 Å². The van der Waals surface area contributed by atoms with E-state index in [1.165, 1.54) is 46.5 Å². The largest absolute Gasteiger partial charge is 0.493 e. The van der Waals surface area contributed by atoms with E-state index in [-0.39, 0.29) is 31.4 Å². The van der Waals surface area contributed by atoms with Crippen LogP contribution in [0.1, 0.15) is 28.6 Å². The highest BCUT2D eigenvalue weighted by Gasteiger charge is 2.30. The molecule has 6 rings (SSSR count). The minimum absolute atomic E-state index is 0. The maximum atomic E-state index is 13.2. The van der Waals surface area contributed by atoms with Crippen molar-refractivity contribution < 1.29 is 32.5 Å². The Morgan fingerprint density at radius 3 is 2.40 bits per heavy atom. The maximum absolute atomic E-state index is 13.2. The second-order valence-electron chi connectivity index (χ2n) is 11.0. The zero-order chi connectivity index (χ0) is 31.6. The summed E-state index contributed by atoms with van der Waals surface area (Å²) < 4.78 is 51.2. The molecule has 252 valence electrons. The van der Waals surface area contributed by atoms with E-state index in [4.69, 9.17) is 14.5 Å². The molecule has 0 saturated carbocycles. The van der Waals surface area contributed by atoms with Gasteiger partial charge in [-0.25, -0.2) is 4.98 Å². The van der Waals surface area contributed by atoms with Crippen LogP contribution in [0, 0.1) is 0 Å². The minimum atomic E-state index is -4.40. The molecule has 2 aliphatic rings. The van der Waals surface area contributed by atoms with Crippen LogP contribution in [0.5, 0.6) is 11.5 Å². The number of hydrogen-bond acceptors (Lipinski definition) is 8. The molecule has 1 atom stereocenters. The number of carbonyl (C=O) groups is 1. The van der Waals surface area contributed by atoms with Crippen molar-refractivity contribution in [1.29, 1.82) is 0 Å². The van der Waals surface area contributed by atoms with Gasteiger partial charge in [-0.2, -0.15) is 13.2 Å². The summed E-state index contributed by atoms with van der Waals surface area (Å²) in [6, 6.07) is 18.8. The number of benzene rings is 3. The van der Waals surface area contributed by atoms with E-state index in [0.29, 0.717) is 22.9 Å². The van der Waals surface area contributed by atoms with E-state index in [0.717, 1.165) is 72.6 Å². The summed E-state index contributed by atoms with van der Waals surface area (Å²) in [7, 11) is 0. The van der Waals surface area contributed by atoms with Gasteiger partial charge in [0.1, 0.15) is 28.4 Å². The molecule has 1 N–H and O–H groups in total. The van der Waals surface area contributed by atoms with Crippen LogP contribution in [0.4, 0.5) is 18.9 Å². The number of carboxylic acid groups (broad SMARTS) is 1. The minimum Gasteiger partial charge on any atom is -0.493 e. The molecular weight excluding hydrogens is 694 g/mol. The molecule has 1 saturated heterocycles. The number of fused-ring (bicyclic) bond motifs is 1. The molecule has 3 aromatic carbocycles. The number of ether oxygens (including phenoxy) is 2. The third-order valence-electron chi connectivity index (χ3n) is 7.88. The number of hydrogen-bond donors (Lipinski definition) is 1. The number of thioether (sulfide) groups is 1. The number of aromatic nitrogens is 1. The van der Waals surface area contributed by atoms with Crippen LogP contribution in [0.3, 0.4) is 0 Å². The first-order chi connectivity index (χ1) is 21.6. The van der Waals surface area contributed by atoms with E-state index in [9.17, 15) is 23.1 Å². The first-order valence-corrected chi connectivity index (χ1v) is 16.3. The van der Waals surface area contributed by atoms with Crippen molar-refractivity contribution in [1.82, 2.24) is 9.88 Å². The van der Waals surface area contributed by atoms with Crippen LogP contribution in [0.25, 0.3) is 10.6 Å². The lowest BCUT2D eigenvalue weighted by Crippen LogP contribution is -2.46. The Morgan fingerprint density at radius 2 is 1.74 bits per heavy atom. The SMILES string of the molecule is CC(Sc1ccc(OCc2sc(-c3ccc(C(F)(F)F)cc3)nc2CN2CCN(c3ccc4c(c3)CCO4)CC2)cc1)C(=O)O.Cl.Cl. The Morgan fingerprint density at radius 1 is 1.04 bits per heavy atom. The van der Waals surface area contributed by atoms with Gasteiger partial charge >= 0.3 is 12.1 Å². The zero-order valence-corrected chi connectivity index (χ0v) is 28.6. The molecule has 47 heavy (non-hydrogen) atoms. The summed E-state index contributed by atoms with van der Waals surface area (Å²) in [4.78, 5) is 22.5. The van der Waals surface area contributed by atoms with Crippen molar-refractivity contribution in [2.24, 2.45) is 0 Å². The Labute approximate surface area is 291 Å². The highest BCUT2D eigenvalue weighted by atomic mass is 35.5. The molecule has 0 radical (unpaired) electrons. The predicted octanol–water partition coefficient (Wildman–Crippen LogP) is 8.07. The van der Waals surface area contributed by atoms with Gasteiger partial charge in [0.25, 0.3) is 0 Å². The van der Waals surface area contributed by atoms with Crippen LogP contribution < -0.4 is 14.4 Å². The summed E-state index contributed by atoms with van der Waals surface area (Å²) >= 11 is 2.68. The van der Waals surface area contributed by atoms with Crippen LogP contribution in [0.15, 0.2) is 71.6 Å². The number of alkyl halides is 3. The molecule has 2 aliphatic heterocycles. The molecule has 1 unspecified atom stereocenters. The Bertz CT molecular complexity index is 1650. The smallest absolute Gasteiger partial charge is 0.416 e. The summed E-state index contributed by atoms with van der Waals surface area (Å²) in [6.07, 6.45) is -3.47. The van der Waals surface area contributed by atoms with Gasteiger partial charge in [0, 0.05) is 55.3 Å². The number of rotatable bonds is 10. The number of anilines is 1. The van der Waals surface area contributed by atoms with Gasteiger partial charge in [0.05, 0.1) is 22.7 Å². The first kappa shape index (κ1) is 36.7. The van der Waals surface area contributed by atoms with Crippen molar-refractivity contribution in [2.75, 3.05) is 37.7 Å². The molecule has 3 heterocycles. The molecule has 0 bridgehead atoms. The standard InChI is InChI=1S/C33H32F3N3O4S2.2ClH/c1-21(32(40)41)44-27-9-7-26(8-10-27)43-20-30-28(37-31(45-30)22-2-4-24(5-3-22)33(34,35)36)19-38-13-15-39(16-14-38)25-6-11-29-23(18-25)12-17-42-29;;/h2-11,18,21H,12-17,19-20H2,1H3,(H,40,41);2*1H. The van der Waals surface area contributed by atoms with Gasteiger partial charge in [0.2, 0.25) is 0 Å². The first-order valence-electron chi connectivity index (χ1n) is 14.6. The Hall–Kier alpha value is -3.16. The van der Waals surface area contributed by atoms with Crippen molar-refractivity contribution in [2.45, 2.75) is 42.8 Å². The van der Waals surface area contributed by atoms with Crippen LogP contribution >= 0.6 is 47.9 Å². The monoisotopic (exact) mass is 727 g/mol. The molecule has 1 fully saturated rings. The van der Waals surface area contributed by atoms with Gasteiger partial charge in [-0.05, 0) is 67.1 Å². The third-order valence-corrected chi connectivity index (χ3v) is 10.1. The fourth-order valence-corrected chi connectivity index (χ4v) is 7.10. The molecular formula is C33H34Cl2F3N3O4S2. The Balaban J connectivity index is 0.00000250. The summed E-state index contributed by atoms with van der Waals surface area (Å²) in [5, 5.41) is 9.25. The van der Waals surface area contributed by atoms with Gasteiger partial charge < -0.3 is 19.5 Å². The highest BCUT2D eigenvalue weighted by Crippen LogP contribution is 2.35. The highest BCUT2D eigenvalue weighted by molar-refractivity contribution is 8.00. The van der Waals surface area contributed by atoms with Gasteiger partial charge in [0.15, 0.2) is 0 Å². The molecule has 0 spiro atoms. The van der Waals surface area contributed by atoms with E-state index >= 15 is 0 Å². The summed E-state index contributed by atoms with van der Waals surface area (Å²) in [5.74, 6) is 0.731. The summed E-state index contributed by atoms with van der Waals surface area (Å²) in [6.45, 7) is 6.64. The Kier molecular flexibility index (Phi) is 12.3. The number of nitrogens with zero attached hydrogens (tertiary/aromatic N) is 3. The second kappa shape index (κ2) is 15.8. The fraction of sp³-hybridized carbons (Fsp3) is 0.333. The quantitative estimate of drug-likeness (QED) is 0.165.